The van der Waals surface area contributed by atoms with Gasteiger partial charge in [-0.05, 0) is 67.1 Å². The third-order valence-corrected chi connectivity index (χ3v) is 6.63. The summed E-state index contributed by atoms with van der Waals surface area (Å²) < 4.78 is 19.1. The SMILES string of the molecule is CC(C)COc1ccc(CC(=O)N(Cc2ccc(F)cc2)[C@@H]2C[C@H]3C[C@@H]2CN3C)cc1. The van der Waals surface area contributed by atoms with Crippen molar-refractivity contribution in [3.05, 3.63) is 65.5 Å². The number of carbonyl (C=O) groups excluding carboxylic acids is 1. The van der Waals surface area contributed by atoms with Crippen LogP contribution in [0.1, 0.15) is 37.8 Å². The van der Waals surface area contributed by atoms with Crippen molar-refractivity contribution < 1.29 is 13.9 Å². The number of carbonyl (C=O) groups is 1. The van der Waals surface area contributed by atoms with E-state index in [4.69, 9.17) is 4.74 Å². The minimum absolute atomic E-state index is 0.139. The minimum Gasteiger partial charge on any atom is -0.493 e. The maximum atomic E-state index is 13.4. The number of nitrogens with zero attached hydrogens (tertiary/aromatic N) is 2. The number of hydrogen-bond donors (Lipinski definition) is 0. The second-order valence-electron chi connectivity index (χ2n) is 9.57. The Morgan fingerprint density at radius 2 is 1.77 bits per heavy atom. The molecule has 1 amide bonds. The van der Waals surface area contributed by atoms with Gasteiger partial charge in [0.1, 0.15) is 11.6 Å². The molecule has 3 atom stereocenters. The molecule has 0 radical (unpaired) electrons. The Morgan fingerprint density at radius 3 is 2.35 bits per heavy atom. The normalized spacial score (nSPS) is 22.8. The van der Waals surface area contributed by atoms with E-state index in [1.54, 1.807) is 12.1 Å². The van der Waals surface area contributed by atoms with Crippen molar-refractivity contribution >= 4 is 5.91 Å². The summed E-state index contributed by atoms with van der Waals surface area (Å²) in [6, 6.07) is 15.2. The fourth-order valence-corrected chi connectivity index (χ4v) is 4.95. The minimum atomic E-state index is -0.247. The third-order valence-electron chi connectivity index (χ3n) is 6.63. The van der Waals surface area contributed by atoms with Gasteiger partial charge >= 0.3 is 0 Å². The second-order valence-corrected chi connectivity index (χ2v) is 9.57. The molecule has 0 N–H and O–H groups in total. The molecule has 2 aliphatic rings. The number of piperidine rings is 1. The molecule has 5 heteroatoms. The van der Waals surface area contributed by atoms with Crippen molar-refractivity contribution in [1.82, 2.24) is 9.80 Å². The quantitative estimate of drug-likeness (QED) is 0.624. The van der Waals surface area contributed by atoms with Crippen LogP contribution < -0.4 is 4.74 Å². The van der Waals surface area contributed by atoms with Crippen LogP contribution in [0.4, 0.5) is 4.39 Å². The highest BCUT2D eigenvalue weighted by atomic mass is 19.1. The molecule has 2 bridgehead atoms. The first-order valence-corrected chi connectivity index (χ1v) is 11.3. The maximum Gasteiger partial charge on any atom is 0.227 e. The third kappa shape index (κ3) is 5.27. The van der Waals surface area contributed by atoms with E-state index in [2.05, 4.69) is 25.8 Å². The van der Waals surface area contributed by atoms with Gasteiger partial charge < -0.3 is 14.5 Å². The highest BCUT2D eigenvalue weighted by Crippen LogP contribution is 2.40. The Balaban J connectivity index is 1.46. The van der Waals surface area contributed by atoms with Crippen LogP contribution in [0.2, 0.25) is 0 Å². The van der Waals surface area contributed by atoms with Crippen molar-refractivity contribution in [2.45, 2.75) is 51.7 Å². The molecule has 1 aliphatic heterocycles. The molecule has 2 aromatic rings. The van der Waals surface area contributed by atoms with E-state index in [1.807, 2.05) is 29.2 Å². The van der Waals surface area contributed by atoms with Crippen molar-refractivity contribution in [3.63, 3.8) is 0 Å². The van der Waals surface area contributed by atoms with Crippen molar-refractivity contribution in [2.24, 2.45) is 11.8 Å². The Kier molecular flexibility index (Phi) is 6.61. The fraction of sp³-hybridized carbons (Fsp3) is 0.500. The number of hydrogen-bond acceptors (Lipinski definition) is 3. The lowest BCUT2D eigenvalue weighted by molar-refractivity contribution is -0.134. The van der Waals surface area contributed by atoms with Gasteiger partial charge in [-0.3, -0.25) is 4.79 Å². The number of ether oxygens (including phenoxy) is 1. The Labute approximate surface area is 185 Å². The monoisotopic (exact) mass is 424 g/mol. The number of halogens is 1. The van der Waals surface area contributed by atoms with E-state index in [1.165, 1.54) is 12.1 Å². The summed E-state index contributed by atoms with van der Waals surface area (Å²) in [6.07, 6.45) is 2.56. The summed E-state index contributed by atoms with van der Waals surface area (Å²) in [7, 11) is 2.18. The first-order chi connectivity index (χ1) is 14.9. The van der Waals surface area contributed by atoms with Crippen LogP contribution in [0.15, 0.2) is 48.5 Å². The molecular formula is C26H33FN2O2. The molecule has 1 heterocycles. The number of amides is 1. The highest BCUT2D eigenvalue weighted by molar-refractivity contribution is 5.79. The largest absolute Gasteiger partial charge is 0.493 e. The molecule has 1 saturated heterocycles. The first-order valence-electron chi connectivity index (χ1n) is 11.3. The molecule has 4 rings (SSSR count). The van der Waals surface area contributed by atoms with Crippen LogP contribution in [0.5, 0.6) is 5.75 Å². The Bertz CT molecular complexity index is 879. The summed E-state index contributed by atoms with van der Waals surface area (Å²) in [5, 5.41) is 0. The van der Waals surface area contributed by atoms with Gasteiger partial charge in [0.05, 0.1) is 13.0 Å². The van der Waals surface area contributed by atoms with Gasteiger partial charge in [0.2, 0.25) is 5.91 Å². The molecule has 0 aromatic heterocycles. The second kappa shape index (κ2) is 9.39. The molecule has 2 fully saturated rings. The summed E-state index contributed by atoms with van der Waals surface area (Å²) >= 11 is 0. The standard InChI is InChI=1S/C26H33FN2O2/c1-18(2)17-31-24-10-6-19(7-11-24)12-26(30)29(15-20-4-8-22(27)9-5-20)25-14-23-13-21(25)16-28(23)3/h4-11,18,21,23,25H,12-17H2,1-3H3/t21-,23-,25-/m1/s1. The molecule has 0 unspecified atom stereocenters. The van der Waals surface area contributed by atoms with Crippen LogP contribution in [0.25, 0.3) is 0 Å². The first kappa shape index (κ1) is 21.8. The zero-order valence-electron chi connectivity index (χ0n) is 18.8. The van der Waals surface area contributed by atoms with E-state index in [0.717, 1.165) is 36.3 Å². The zero-order chi connectivity index (χ0) is 22.0. The lowest BCUT2D eigenvalue weighted by Gasteiger charge is -2.37. The smallest absolute Gasteiger partial charge is 0.227 e. The van der Waals surface area contributed by atoms with E-state index in [9.17, 15) is 9.18 Å². The van der Waals surface area contributed by atoms with Gasteiger partial charge in [-0.25, -0.2) is 4.39 Å². The van der Waals surface area contributed by atoms with Crippen LogP contribution in [0.3, 0.4) is 0 Å². The Morgan fingerprint density at radius 1 is 1.10 bits per heavy atom. The van der Waals surface area contributed by atoms with Gasteiger partial charge in [0.25, 0.3) is 0 Å². The van der Waals surface area contributed by atoms with E-state index in [-0.39, 0.29) is 17.8 Å². The van der Waals surface area contributed by atoms with Gasteiger partial charge in [0.15, 0.2) is 0 Å². The van der Waals surface area contributed by atoms with Crippen molar-refractivity contribution in [2.75, 3.05) is 20.2 Å². The van der Waals surface area contributed by atoms with Crippen LogP contribution >= 0.6 is 0 Å². The zero-order valence-corrected chi connectivity index (χ0v) is 18.8. The van der Waals surface area contributed by atoms with Crippen molar-refractivity contribution in [1.29, 1.82) is 0 Å². The summed E-state index contributed by atoms with van der Waals surface area (Å²) in [5.74, 6) is 1.72. The predicted molar refractivity (Wildman–Crippen MR) is 120 cm³/mol. The van der Waals surface area contributed by atoms with E-state index < -0.39 is 0 Å². The molecule has 1 aliphatic carbocycles. The number of fused-ring (bicyclic) bond motifs is 2. The topological polar surface area (TPSA) is 32.8 Å². The van der Waals surface area contributed by atoms with Gasteiger partial charge in [0, 0.05) is 25.2 Å². The molecule has 31 heavy (non-hydrogen) atoms. The number of rotatable bonds is 8. The predicted octanol–water partition coefficient (Wildman–Crippen LogP) is 4.52. The summed E-state index contributed by atoms with van der Waals surface area (Å²) in [6.45, 7) is 6.51. The van der Waals surface area contributed by atoms with E-state index >= 15 is 0 Å². The lowest BCUT2D eigenvalue weighted by Crippen LogP contribution is -2.47. The summed E-state index contributed by atoms with van der Waals surface area (Å²) in [4.78, 5) is 17.9. The Hall–Kier alpha value is -2.40. The maximum absolute atomic E-state index is 13.4. The molecule has 2 aromatic carbocycles. The van der Waals surface area contributed by atoms with Crippen LogP contribution in [-0.2, 0) is 17.8 Å². The van der Waals surface area contributed by atoms with Gasteiger partial charge in [-0.15, -0.1) is 0 Å². The average molecular weight is 425 g/mol. The molecule has 1 saturated carbocycles. The fourth-order valence-electron chi connectivity index (χ4n) is 4.95. The lowest BCUT2D eigenvalue weighted by atomic mass is 9.99. The highest BCUT2D eigenvalue weighted by Gasteiger charge is 2.46. The molecular weight excluding hydrogens is 391 g/mol. The molecule has 0 spiro atoms. The van der Waals surface area contributed by atoms with Gasteiger partial charge in [-0.2, -0.15) is 0 Å². The van der Waals surface area contributed by atoms with Gasteiger partial charge in [-0.1, -0.05) is 38.1 Å². The molecule has 166 valence electrons. The van der Waals surface area contributed by atoms with Crippen LogP contribution in [-0.4, -0.2) is 48.0 Å². The number of benzene rings is 2. The van der Waals surface area contributed by atoms with Crippen LogP contribution in [0, 0.1) is 17.7 Å². The average Bonchev–Trinajstić information content (AvgIpc) is 3.32. The molecule has 4 nitrogen and oxygen atoms in total. The number of likely N-dealkylation sites (tertiary alicyclic amines) is 1. The van der Waals surface area contributed by atoms with E-state index in [0.29, 0.717) is 37.5 Å². The summed E-state index contributed by atoms with van der Waals surface area (Å²) in [5.41, 5.74) is 1.97. The van der Waals surface area contributed by atoms with Crippen molar-refractivity contribution in [3.8, 4) is 5.75 Å².